The summed E-state index contributed by atoms with van der Waals surface area (Å²) in [5.74, 6) is 0. The van der Waals surface area contributed by atoms with E-state index in [0.717, 1.165) is 35.1 Å². The highest BCUT2D eigenvalue weighted by Gasteiger charge is 2.14. The van der Waals surface area contributed by atoms with Crippen LogP contribution in [0.2, 0.25) is 0 Å². The van der Waals surface area contributed by atoms with Gasteiger partial charge in [-0.2, -0.15) is 10.4 Å². The number of hydrogen-bond acceptors (Lipinski definition) is 4. The van der Waals surface area contributed by atoms with Crippen molar-refractivity contribution in [1.82, 2.24) is 24.7 Å². The zero-order valence-corrected chi connectivity index (χ0v) is 13.2. The number of nitrogens with one attached hydrogen (secondary N) is 1. The topological polar surface area (TPSA) is 83.2 Å². The van der Waals surface area contributed by atoms with Gasteiger partial charge in [0.2, 0.25) is 0 Å². The predicted molar refractivity (Wildman–Crippen MR) is 88.5 cm³/mol. The van der Waals surface area contributed by atoms with Gasteiger partial charge >= 0.3 is 0 Å². The molecule has 23 heavy (non-hydrogen) atoms. The minimum absolute atomic E-state index is 0.129. The van der Waals surface area contributed by atoms with Crippen LogP contribution in [0.15, 0.2) is 31.0 Å². The minimum Gasteiger partial charge on any atom is -0.346 e. The Bertz CT molecular complexity index is 810. The van der Waals surface area contributed by atoms with Gasteiger partial charge in [-0.15, -0.1) is 0 Å². The molecule has 0 radical (unpaired) electrons. The molecular formula is C17H20N6. The second kappa shape index (κ2) is 7.05. The van der Waals surface area contributed by atoms with Crippen molar-refractivity contribution in [3.63, 3.8) is 0 Å². The number of fused-ring (bicyclic) bond motifs is 1. The number of unbranched alkanes of at least 4 members (excludes halogenated alkanes) is 2. The quantitative estimate of drug-likeness (QED) is 0.672. The van der Waals surface area contributed by atoms with Gasteiger partial charge in [-0.25, -0.2) is 9.97 Å². The molecule has 0 amide bonds. The number of H-pyrrole nitrogens is 1. The summed E-state index contributed by atoms with van der Waals surface area (Å²) >= 11 is 0. The lowest BCUT2D eigenvalue weighted by Crippen LogP contribution is -2.09. The molecule has 0 unspecified atom stereocenters. The maximum absolute atomic E-state index is 9.08. The van der Waals surface area contributed by atoms with E-state index >= 15 is 0 Å². The molecule has 1 atom stereocenters. The van der Waals surface area contributed by atoms with Gasteiger partial charge in [-0.05, 0) is 12.5 Å². The largest absolute Gasteiger partial charge is 0.346 e. The van der Waals surface area contributed by atoms with Gasteiger partial charge in [0.05, 0.1) is 30.4 Å². The summed E-state index contributed by atoms with van der Waals surface area (Å²) in [6.07, 6.45) is 12.2. The molecule has 6 nitrogen and oxygen atoms in total. The third-order valence-corrected chi connectivity index (χ3v) is 4.07. The lowest BCUT2D eigenvalue weighted by atomic mass is 10.1. The molecule has 0 aromatic carbocycles. The third-order valence-electron chi connectivity index (χ3n) is 4.07. The fourth-order valence-corrected chi connectivity index (χ4v) is 2.83. The molecule has 1 N–H and O–H groups in total. The summed E-state index contributed by atoms with van der Waals surface area (Å²) in [5, 5.41) is 14.5. The smallest absolute Gasteiger partial charge is 0.141 e. The van der Waals surface area contributed by atoms with Gasteiger partial charge in [0.1, 0.15) is 12.0 Å². The third kappa shape index (κ3) is 3.24. The highest BCUT2D eigenvalue weighted by Crippen LogP contribution is 2.26. The van der Waals surface area contributed by atoms with Crippen LogP contribution in [0.25, 0.3) is 22.3 Å². The highest BCUT2D eigenvalue weighted by atomic mass is 15.3. The molecular weight excluding hydrogens is 288 g/mol. The fraction of sp³-hybridized carbons (Fsp3) is 0.412. The van der Waals surface area contributed by atoms with E-state index in [4.69, 9.17) is 5.26 Å². The Hall–Kier alpha value is -2.68. The monoisotopic (exact) mass is 308 g/mol. The average Bonchev–Trinajstić information content (AvgIpc) is 3.23. The van der Waals surface area contributed by atoms with Crippen LogP contribution in [0.4, 0.5) is 0 Å². The van der Waals surface area contributed by atoms with Crippen LogP contribution < -0.4 is 0 Å². The molecule has 0 aliphatic carbocycles. The Kier molecular flexibility index (Phi) is 4.67. The maximum atomic E-state index is 9.08. The molecule has 0 fully saturated rings. The molecule has 0 saturated heterocycles. The molecule has 0 aliphatic rings. The number of hydrogen-bond donors (Lipinski definition) is 1. The van der Waals surface area contributed by atoms with Crippen molar-refractivity contribution >= 4 is 11.0 Å². The van der Waals surface area contributed by atoms with E-state index in [2.05, 4.69) is 33.0 Å². The first kappa shape index (κ1) is 15.2. The number of nitrogens with zero attached hydrogens (tertiary/aromatic N) is 5. The molecule has 3 heterocycles. The van der Waals surface area contributed by atoms with E-state index in [1.165, 1.54) is 12.8 Å². The van der Waals surface area contributed by atoms with Crippen LogP contribution in [0.1, 0.15) is 45.1 Å². The lowest BCUT2D eigenvalue weighted by molar-refractivity contribution is 0.414. The van der Waals surface area contributed by atoms with E-state index in [9.17, 15) is 0 Å². The Labute approximate surface area is 135 Å². The number of rotatable bonds is 7. The average molecular weight is 308 g/mol. The van der Waals surface area contributed by atoms with Gasteiger partial charge < -0.3 is 4.98 Å². The van der Waals surface area contributed by atoms with Crippen molar-refractivity contribution in [1.29, 1.82) is 5.26 Å². The van der Waals surface area contributed by atoms with Crippen molar-refractivity contribution in [2.45, 2.75) is 45.1 Å². The summed E-state index contributed by atoms with van der Waals surface area (Å²) in [6, 6.07) is 4.37. The van der Waals surface area contributed by atoms with E-state index in [1.54, 1.807) is 6.33 Å². The molecule has 3 rings (SSSR count). The molecule has 0 bridgehead atoms. The van der Waals surface area contributed by atoms with Crippen LogP contribution in [-0.4, -0.2) is 24.7 Å². The highest BCUT2D eigenvalue weighted by molar-refractivity contribution is 5.89. The van der Waals surface area contributed by atoms with Gasteiger partial charge in [0.25, 0.3) is 0 Å². The van der Waals surface area contributed by atoms with Crippen molar-refractivity contribution in [3.8, 4) is 17.3 Å². The number of aromatic amines is 1. The summed E-state index contributed by atoms with van der Waals surface area (Å²) in [6.45, 7) is 2.18. The molecule has 3 aromatic heterocycles. The second-order valence-electron chi connectivity index (χ2n) is 5.68. The summed E-state index contributed by atoms with van der Waals surface area (Å²) < 4.78 is 1.91. The van der Waals surface area contributed by atoms with E-state index in [-0.39, 0.29) is 6.04 Å². The maximum Gasteiger partial charge on any atom is 0.141 e. The first-order chi connectivity index (χ1) is 11.3. The van der Waals surface area contributed by atoms with E-state index in [1.807, 2.05) is 29.3 Å². The predicted octanol–water partition coefficient (Wildman–Crippen LogP) is 3.86. The zero-order chi connectivity index (χ0) is 16.1. The summed E-state index contributed by atoms with van der Waals surface area (Å²) in [7, 11) is 0. The van der Waals surface area contributed by atoms with E-state index in [0.29, 0.717) is 6.42 Å². The first-order valence-corrected chi connectivity index (χ1v) is 8.03. The molecule has 0 aliphatic heterocycles. The standard InChI is InChI=1S/C17H20N6/c1-2-3-4-5-14(6-8-18)23-11-13(10-22-23)16-15-7-9-19-17(15)21-12-20-16/h7,9-12,14H,2-6H2,1H3,(H,19,20,21)/t14-/m1/s1. The SMILES string of the molecule is CCCCC[C@H](CC#N)n1cc(-c2ncnc3[nH]ccc23)cn1. The van der Waals surface area contributed by atoms with E-state index < -0.39 is 0 Å². The molecule has 3 aromatic rings. The molecule has 118 valence electrons. The zero-order valence-electron chi connectivity index (χ0n) is 13.2. The van der Waals surface area contributed by atoms with Crippen molar-refractivity contribution in [3.05, 3.63) is 31.0 Å². The van der Waals surface area contributed by atoms with Crippen molar-refractivity contribution in [2.75, 3.05) is 0 Å². The van der Waals surface area contributed by atoms with Crippen LogP contribution in [-0.2, 0) is 0 Å². The Morgan fingerprint density at radius 2 is 2.26 bits per heavy atom. The van der Waals surface area contributed by atoms with Crippen LogP contribution in [0.5, 0.6) is 0 Å². The second-order valence-corrected chi connectivity index (χ2v) is 5.68. The Balaban J connectivity index is 1.86. The van der Waals surface area contributed by atoms with Gasteiger partial charge in [-0.1, -0.05) is 26.2 Å². The molecule has 0 spiro atoms. The lowest BCUT2D eigenvalue weighted by Gasteiger charge is -2.13. The van der Waals surface area contributed by atoms with Gasteiger partial charge in [-0.3, -0.25) is 4.68 Å². The Morgan fingerprint density at radius 1 is 1.35 bits per heavy atom. The van der Waals surface area contributed by atoms with Gasteiger partial charge in [0, 0.05) is 23.3 Å². The molecule has 0 saturated carbocycles. The van der Waals surface area contributed by atoms with Crippen LogP contribution in [0, 0.1) is 11.3 Å². The fourth-order valence-electron chi connectivity index (χ4n) is 2.83. The Morgan fingerprint density at radius 3 is 3.09 bits per heavy atom. The van der Waals surface area contributed by atoms with Crippen LogP contribution >= 0.6 is 0 Å². The first-order valence-electron chi connectivity index (χ1n) is 8.03. The molecule has 6 heteroatoms. The van der Waals surface area contributed by atoms with Gasteiger partial charge in [0.15, 0.2) is 0 Å². The minimum atomic E-state index is 0.129. The van der Waals surface area contributed by atoms with Crippen molar-refractivity contribution < 1.29 is 0 Å². The number of nitriles is 1. The number of aromatic nitrogens is 5. The van der Waals surface area contributed by atoms with Crippen LogP contribution in [0.3, 0.4) is 0 Å². The normalized spacial score (nSPS) is 12.3. The van der Waals surface area contributed by atoms with Crippen molar-refractivity contribution in [2.24, 2.45) is 0 Å². The summed E-state index contributed by atoms with van der Waals surface area (Å²) in [5.41, 5.74) is 2.64. The summed E-state index contributed by atoms with van der Waals surface area (Å²) in [4.78, 5) is 11.7.